The number of hydrogen-bond donors (Lipinski definition) is 1. The fourth-order valence-corrected chi connectivity index (χ4v) is 2.37. The van der Waals surface area contributed by atoms with Crippen LogP contribution < -0.4 is 5.32 Å². The Morgan fingerprint density at radius 2 is 2.25 bits per heavy atom. The molecule has 2 aromatic rings. The molecule has 0 fully saturated rings. The summed E-state index contributed by atoms with van der Waals surface area (Å²) in [4.78, 5) is 11.8. The van der Waals surface area contributed by atoms with E-state index in [1.807, 2.05) is 0 Å². The molecule has 0 unspecified atom stereocenters. The molecule has 7 heteroatoms. The zero-order chi connectivity index (χ0) is 11.5. The molecule has 0 saturated heterocycles. The molecule has 0 aliphatic rings. The third-order valence-electron chi connectivity index (χ3n) is 1.72. The quantitative estimate of drug-likeness (QED) is 0.925. The van der Waals surface area contributed by atoms with E-state index in [0.717, 1.165) is 16.0 Å². The standard InChI is InChI=1S/C9H5BrClN3OS/c10-6-1-5(2-7(11)3-6)9(15)13-8-4-12-14-16-8/h1-4H,(H,13,15). The maximum absolute atomic E-state index is 11.8. The first-order chi connectivity index (χ1) is 7.65. The molecule has 2 rings (SSSR count). The topological polar surface area (TPSA) is 54.9 Å². The van der Waals surface area contributed by atoms with Crippen LogP contribution in [0.15, 0.2) is 28.9 Å². The van der Waals surface area contributed by atoms with Gasteiger partial charge in [0.1, 0.15) is 5.00 Å². The molecule has 1 aromatic heterocycles. The van der Waals surface area contributed by atoms with Crippen molar-refractivity contribution in [3.05, 3.63) is 39.5 Å². The van der Waals surface area contributed by atoms with Crippen molar-refractivity contribution in [1.82, 2.24) is 9.59 Å². The SMILES string of the molecule is O=C(Nc1cnns1)c1cc(Cl)cc(Br)c1. The van der Waals surface area contributed by atoms with Gasteiger partial charge >= 0.3 is 0 Å². The number of rotatable bonds is 2. The average molecular weight is 319 g/mol. The molecule has 0 atom stereocenters. The average Bonchev–Trinajstić information content (AvgIpc) is 2.68. The Kier molecular flexibility index (Phi) is 3.52. The lowest BCUT2D eigenvalue weighted by molar-refractivity contribution is 0.102. The van der Waals surface area contributed by atoms with Crippen LogP contribution in [0.4, 0.5) is 5.00 Å². The fraction of sp³-hybridized carbons (Fsp3) is 0. The van der Waals surface area contributed by atoms with Gasteiger partial charge in [-0.3, -0.25) is 4.79 Å². The predicted molar refractivity (Wildman–Crippen MR) is 67.0 cm³/mol. The second kappa shape index (κ2) is 4.90. The van der Waals surface area contributed by atoms with Crippen molar-refractivity contribution in [2.45, 2.75) is 0 Å². The predicted octanol–water partition coefficient (Wildman–Crippen LogP) is 3.21. The molecule has 82 valence electrons. The van der Waals surface area contributed by atoms with E-state index < -0.39 is 0 Å². The van der Waals surface area contributed by atoms with E-state index in [9.17, 15) is 4.79 Å². The van der Waals surface area contributed by atoms with Crippen LogP contribution in [0.25, 0.3) is 0 Å². The van der Waals surface area contributed by atoms with Crippen LogP contribution in [0, 0.1) is 0 Å². The Morgan fingerprint density at radius 3 is 2.88 bits per heavy atom. The van der Waals surface area contributed by atoms with Gasteiger partial charge < -0.3 is 5.32 Å². The van der Waals surface area contributed by atoms with Crippen LogP contribution in [-0.2, 0) is 0 Å². The summed E-state index contributed by atoms with van der Waals surface area (Å²) in [6.45, 7) is 0. The maximum Gasteiger partial charge on any atom is 0.256 e. The van der Waals surface area contributed by atoms with Crippen LogP contribution in [-0.4, -0.2) is 15.5 Å². The summed E-state index contributed by atoms with van der Waals surface area (Å²) in [5.41, 5.74) is 0.479. The summed E-state index contributed by atoms with van der Waals surface area (Å²) in [7, 11) is 0. The van der Waals surface area contributed by atoms with Crippen molar-refractivity contribution >= 4 is 50.0 Å². The number of nitrogens with zero attached hydrogens (tertiary/aromatic N) is 2. The van der Waals surface area contributed by atoms with Crippen molar-refractivity contribution in [1.29, 1.82) is 0 Å². The highest BCUT2D eigenvalue weighted by molar-refractivity contribution is 9.10. The van der Waals surface area contributed by atoms with Gasteiger partial charge in [0.25, 0.3) is 5.91 Å². The molecule has 1 N–H and O–H groups in total. The lowest BCUT2D eigenvalue weighted by Crippen LogP contribution is -2.10. The normalized spacial score (nSPS) is 10.1. The molecular weight excluding hydrogens is 314 g/mol. The van der Waals surface area contributed by atoms with Crippen molar-refractivity contribution in [2.24, 2.45) is 0 Å². The zero-order valence-electron chi connectivity index (χ0n) is 7.78. The molecule has 0 aliphatic carbocycles. The number of carbonyl (C=O) groups is 1. The zero-order valence-corrected chi connectivity index (χ0v) is 10.9. The molecule has 0 spiro atoms. The van der Waals surface area contributed by atoms with Crippen molar-refractivity contribution in [2.75, 3.05) is 5.32 Å². The number of aromatic nitrogens is 2. The first-order valence-electron chi connectivity index (χ1n) is 4.20. The van der Waals surface area contributed by atoms with Crippen molar-refractivity contribution in [3.63, 3.8) is 0 Å². The molecule has 0 radical (unpaired) electrons. The number of hydrogen-bond acceptors (Lipinski definition) is 4. The highest BCUT2D eigenvalue weighted by Gasteiger charge is 2.09. The lowest BCUT2D eigenvalue weighted by atomic mass is 10.2. The number of anilines is 1. The number of amides is 1. The van der Waals surface area contributed by atoms with Crippen molar-refractivity contribution in [3.8, 4) is 0 Å². The Hall–Kier alpha value is -0.980. The minimum atomic E-state index is -0.241. The first-order valence-corrected chi connectivity index (χ1v) is 6.14. The summed E-state index contributed by atoms with van der Waals surface area (Å²) >= 11 is 10.2. The Labute approximate surface area is 109 Å². The largest absolute Gasteiger partial charge is 0.311 e. The minimum Gasteiger partial charge on any atom is -0.311 e. The van der Waals surface area contributed by atoms with E-state index in [4.69, 9.17) is 11.6 Å². The van der Waals surface area contributed by atoms with Gasteiger partial charge in [-0.1, -0.05) is 32.0 Å². The lowest BCUT2D eigenvalue weighted by Gasteiger charge is -2.02. The van der Waals surface area contributed by atoms with E-state index in [0.29, 0.717) is 15.6 Å². The van der Waals surface area contributed by atoms with Crippen LogP contribution in [0.2, 0.25) is 5.02 Å². The number of nitrogens with one attached hydrogen (secondary N) is 1. The molecule has 16 heavy (non-hydrogen) atoms. The second-order valence-corrected chi connectivity index (χ2v) is 5.03. The number of carbonyl (C=O) groups excluding carboxylic acids is 1. The van der Waals surface area contributed by atoms with Crippen LogP contribution >= 0.6 is 39.1 Å². The van der Waals surface area contributed by atoms with Gasteiger partial charge in [-0.25, -0.2) is 0 Å². The van der Waals surface area contributed by atoms with E-state index in [1.54, 1.807) is 18.2 Å². The molecule has 4 nitrogen and oxygen atoms in total. The Morgan fingerprint density at radius 1 is 1.44 bits per heavy atom. The number of benzene rings is 1. The van der Waals surface area contributed by atoms with E-state index in [2.05, 4.69) is 30.8 Å². The van der Waals surface area contributed by atoms with Crippen LogP contribution in [0.3, 0.4) is 0 Å². The first kappa shape index (κ1) is 11.5. The van der Waals surface area contributed by atoms with Gasteiger partial charge in [-0.05, 0) is 18.2 Å². The molecule has 1 heterocycles. The van der Waals surface area contributed by atoms with E-state index in [-0.39, 0.29) is 5.91 Å². The minimum absolute atomic E-state index is 0.241. The molecule has 1 amide bonds. The highest BCUT2D eigenvalue weighted by atomic mass is 79.9. The Bertz CT molecular complexity index is 497. The summed E-state index contributed by atoms with van der Waals surface area (Å²) < 4.78 is 4.40. The van der Waals surface area contributed by atoms with Crippen LogP contribution in [0.1, 0.15) is 10.4 Å². The van der Waals surface area contributed by atoms with E-state index in [1.165, 1.54) is 6.20 Å². The van der Waals surface area contributed by atoms with Gasteiger partial charge in [-0.15, -0.1) is 5.10 Å². The molecular formula is C9H5BrClN3OS. The van der Waals surface area contributed by atoms with Gasteiger partial charge in [0.2, 0.25) is 0 Å². The van der Waals surface area contributed by atoms with E-state index >= 15 is 0 Å². The van der Waals surface area contributed by atoms with Gasteiger partial charge in [0, 0.05) is 26.6 Å². The van der Waals surface area contributed by atoms with Crippen LogP contribution in [0.5, 0.6) is 0 Å². The fourth-order valence-electron chi connectivity index (χ4n) is 1.09. The highest BCUT2D eigenvalue weighted by Crippen LogP contribution is 2.20. The second-order valence-electron chi connectivity index (χ2n) is 2.89. The molecule has 0 aliphatic heterocycles. The summed E-state index contributed by atoms with van der Waals surface area (Å²) in [5.74, 6) is -0.241. The smallest absolute Gasteiger partial charge is 0.256 e. The Balaban J connectivity index is 2.21. The maximum atomic E-state index is 11.8. The summed E-state index contributed by atoms with van der Waals surface area (Å²) in [5, 5.41) is 7.39. The third kappa shape index (κ3) is 2.78. The molecule has 0 saturated carbocycles. The van der Waals surface area contributed by atoms with Gasteiger partial charge in [-0.2, -0.15) is 0 Å². The summed E-state index contributed by atoms with van der Waals surface area (Å²) in [6.07, 6.45) is 1.49. The monoisotopic (exact) mass is 317 g/mol. The molecule has 1 aromatic carbocycles. The third-order valence-corrected chi connectivity index (χ3v) is 2.98. The van der Waals surface area contributed by atoms with Gasteiger partial charge in [0.15, 0.2) is 0 Å². The summed E-state index contributed by atoms with van der Waals surface area (Å²) in [6, 6.07) is 5.00. The van der Waals surface area contributed by atoms with Crippen molar-refractivity contribution < 1.29 is 4.79 Å². The number of halogens is 2. The molecule has 0 bridgehead atoms. The van der Waals surface area contributed by atoms with Gasteiger partial charge in [0.05, 0.1) is 6.20 Å².